The highest BCUT2D eigenvalue weighted by atomic mass is 35.5. The minimum atomic E-state index is -0.332. The maximum absolute atomic E-state index is 11.7. The van der Waals surface area contributed by atoms with Crippen LogP contribution in [-0.2, 0) is 9.59 Å². The summed E-state index contributed by atoms with van der Waals surface area (Å²) in [6.07, 6.45) is 2.07. The first-order chi connectivity index (χ1) is 12.0. The van der Waals surface area contributed by atoms with E-state index in [0.717, 1.165) is 0 Å². The normalized spacial score (nSPS) is 10.1. The van der Waals surface area contributed by atoms with Crippen molar-refractivity contribution in [3.63, 3.8) is 0 Å². The summed E-state index contributed by atoms with van der Waals surface area (Å²) in [7, 11) is 0. The highest BCUT2D eigenvalue weighted by molar-refractivity contribution is 6.30. The smallest absolute Gasteiger partial charge is 0.286 e. The lowest BCUT2D eigenvalue weighted by molar-refractivity contribution is -0.124. The molecule has 7 nitrogen and oxygen atoms in total. The summed E-state index contributed by atoms with van der Waals surface area (Å²) in [5, 5.41) is 8.38. The Morgan fingerprint density at radius 3 is 2.44 bits per heavy atom. The molecule has 0 radical (unpaired) electrons. The van der Waals surface area contributed by atoms with Gasteiger partial charge < -0.3 is 20.4 Å². The van der Waals surface area contributed by atoms with Gasteiger partial charge in [0.05, 0.1) is 12.8 Å². The number of anilines is 1. The third kappa shape index (κ3) is 6.68. The van der Waals surface area contributed by atoms with E-state index in [9.17, 15) is 14.4 Å². The first-order valence-electron chi connectivity index (χ1n) is 7.68. The zero-order valence-corrected chi connectivity index (χ0v) is 14.1. The standard InChI is InChI=1S/C17H18ClN3O4/c18-12-5-7-13(8-6-12)21-16(23)11-20-15(22)4-1-9-19-17(24)14-3-2-10-25-14/h2-3,5-8,10H,1,4,9,11H2,(H,19,24)(H,20,22)(H,21,23). The van der Waals surface area contributed by atoms with Gasteiger partial charge in [0.25, 0.3) is 5.91 Å². The van der Waals surface area contributed by atoms with Crippen LogP contribution < -0.4 is 16.0 Å². The largest absolute Gasteiger partial charge is 0.459 e. The fraction of sp³-hybridized carbons (Fsp3) is 0.235. The van der Waals surface area contributed by atoms with Gasteiger partial charge in [-0.25, -0.2) is 0 Å². The molecule has 3 amide bonds. The number of halogens is 1. The van der Waals surface area contributed by atoms with Crippen molar-refractivity contribution < 1.29 is 18.8 Å². The fourth-order valence-corrected chi connectivity index (χ4v) is 2.08. The molecule has 132 valence electrons. The van der Waals surface area contributed by atoms with E-state index in [4.69, 9.17) is 16.0 Å². The van der Waals surface area contributed by atoms with E-state index in [1.165, 1.54) is 6.26 Å². The second-order valence-corrected chi connectivity index (χ2v) is 5.60. The number of hydrogen-bond donors (Lipinski definition) is 3. The van der Waals surface area contributed by atoms with Gasteiger partial charge in [0.15, 0.2) is 5.76 Å². The second-order valence-electron chi connectivity index (χ2n) is 5.17. The Kier molecular flexibility index (Phi) is 7.03. The molecule has 2 rings (SSSR count). The Balaban J connectivity index is 1.58. The van der Waals surface area contributed by atoms with E-state index in [1.807, 2.05) is 0 Å². The molecule has 0 spiro atoms. The number of carbonyl (C=O) groups excluding carboxylic acids is 3. The van der Waals surface area contributed by atoms with Crippen LogP contribution in [0.25, 0.3) is 0 Å². The van der Waals surface area contributed by atoms with Crippen LogP contribution in [0.3, 0.4) is 0 Å². The molecule has 3 N–H and O–H groups in total. The Morgan fingerprint density at radius 1 is 1.00 bits per heavy atom. The van der Waals surface area contributed by atoms with Crippen molar-refractivity contribution in [3.05, 3.63) is 53.4 Å². The van der Waals surface area contributed by atoms with Crippen LogP contribution in [0.5, 0.6) is 0 Å². The lowest BCUT2D eigenvalue weighted by atomic mass is 10.3. The van der Waals surface area contributed by atoms with Crippen molar-refractivity contribution in [1.82, 2.24) is 10.6 Å². The minimum Gasteiger partial charge on any atom is -0.459 e. The van der Waals surface area contributed by atoms with Gasteiger partial charge in [-0.3, -0.25) is 14.4 Å². The molecule has 0 saturated carbocycles. The first kappa shape index (κ1) is 18.5. The van der Waals surface area contributed by atoms with E-state index in [1.54, 1.807) is 36.4 Å². The van der Waals surface area contributed by atoms with Crippen LogP contribution in [0.4, 0.5) is 5.69 Å². The van der Waals surface area contributed by atoms with E-state index < -0.39 is 0 Å². The number of carbonyl (C=O) groups is 3. The molecule has 1 aromatic carbocycles. The predicted octanol–water partition coefficient (Wildman–Crippen LogP) is 2.20. The van der Waals surface area contributed by atoms with Gasteiger partial charge in [-0.1, -0.05) is 11.6 Å². The molecule has 0 atom stereocenters. The summed E-state index contributed by atoms with van der Waals surface area (Å²) in [5.41, 5.74) is 0.601. The van der Waals surface area contributed by atoms with Gasteiger partial charge in [-0.15, -0.1) is 0 Å². The van der Waals surface area contributed by atoms with Crippen molar-refractivity contribution in [1.29, 1.82) is 0 Å². The van der Waals surface area contributed by atoms with Gasteiger partial charge in [-0.2, -0.15) is 0 Å². The van der Waals surface area contributed by atoms with Crippen molar-refractivity contribution in [2.45, 2.75) is 12.8 Å². The summed E-state index contributed by atoms with van der Waals surface area (Å²) in [6.45, 7) is 0.212. The van der Waals surface area contributed by atoms with E-state index in [0.29, 0.717) is 23.7 Å². The molecule has 0 unspecified atom stereocenters. The third-order valence-electron chi connectivity index (χ3n) is 3.19. The van der Waals surface area contributed by atoms with Crippen LogP contribution in [0.15, 0.2) is 47.1 Å². The van der Waals surface area contributed by atoms with Crippen molar-refractivity contribution in [2.24, 2.45) is 0 Å². The molecule has 1 heterocycles. The molecular weight excluding hydrogens is 346 g/mol. The molecule has 0 aliphatic carbocycles. The van der Waals surface area contributed by atoms with Crippen LogP contribution >= 0.6 is 11.6 Å². The monoisotopic (exact) mass is 363 g/mol. The molecule has 1 aromatic heterocycles. The van der Waals surface area contributed by atoms with Gasteiger partial charge in [-0.05, 0) is 42.8 Å². The Labute approximate surface area is 149 Å². The molecule has 2 aromatic rings. The topological polar surface area (TPSA) is 100 Å². The minimum absolute atomic E-state index is 0.125. The zero-order valence-electron chi connectivity index (χ0n) is 13.4. The van der Waals surface area contributed by atoms with Crippen molar-refractivity contribution in [2.75, 3.05) is 18.4 Å². The van der Waals surface area contributed by atoms with E-state index in [-0.39, 0.29) is 36.4 Å². The Morgan fingerprint density at radius 2 is 1.76 bits per heavy atom. The fourth-order valence-electron chi connectivity index (χ4n) is 1.95. The number of nitrogens with one attached hydrogen (secondary N) is 3. The number of benzene rings is 1. The van der Waals surface area contributed by atoms with E-state index in [2.05, 4.69) is 16.0 Å². The zero-order chi connectivity index (χ0) is 18.1. The maximum atomic E-state index is 11.7. The highest BCUT2D eigenvalue weighted by Gasteiger charge is 2.09. The summed E-state index contributed by atoms with van der Waals surface area (Å²) < 4.78 is 4.95. The number of hydrogen-bond acceptors (Lipinski definition) is 4. The predicted molar refractivity (Wildman–Crippen MR) is 93.4 cm³/mol. The van der Waals surface area contributed by atoms with E-state index >= 15 is 0 Å². The van der Waals surface area contributed by atoms with Gasteiger partial charge in [0.1, 0.15) is 0 Å². The Bertz CT molecular complexity index is 714. The number of amides is 3. The Hall–Kier alpha value is -2.80. The first-order valence-corrected chi connectivity index (χ1v) is 8.06. The second kappa shape index (κ2) is 9.48. The molecule has 0 aliphatic heterocycles. The molecule has 0 fully saturated rings. The van der Waals surface area contributed by atoms with Gasteiger partial charge in [0.2, 0.25) is 11.8 Å². The molecule has 25 heavy (non-hydrogen) atoms. The SMILES string of the molecule is O=C(CCCNC(=O)c1ccco1)NCC(=O)Nc1ccc(Cl)cc1. The van der Waals surface area contributed by atoms with Gasteiger partial charge in [0, 0.05) is 23.7 Å². The van der Waals surface area contributed by atoms with Gasteiger partial charge >= 0.3 is 0 Å². The molecule has 0 bridgehead atoms. The van der Waals surface area contributed by atoms with Crippen LogP contribution in [0.1, 0.15) is 23.4 Å². The van der Waals surface area contributed by atoms with Crippen molar-refractivity contribution in [3.8, 4) is 0 Å². The lowest BCUT2D eigenvalue weighted by Crippen LogP contribution is -2.33. The molecule has 0 aliphatic rings. The quantitative estimate of drug-likeness (QED) is 0.626. The average molecular weight is 364 g/mol. The highest BCUT2D eigenvalue weighted by Crippen LogP contribution is 2.12. The van der Waals surface area contributed by atoms with Crippen molar-refractivity contribution >= 4 is 35.0 Å². The molecular formula is C17H18ClN3O4. The summed E-state index contributed by atoms with van der Waals surface area (Å²) >= 11 is 5.76. The summed E-state index contributed by atoms with van der Waals surface area (Å²) in [6, 6.07) is 9.84. The number of rotatable bonds is 8. The lowest BCUT2D eigenvalue weighted by Gasteiger charge is -2.07. The maximum Gasteiger partial charge on any atom is 0.286 e. The number of furan rings is 1. The summed E-state index contributed by atoms with van der Waals surface area (Å²) in [4.78, 5) is 35.0. The average Bonchev–Trinajstić information content (AvgIpc) is 3.13. The van der Waals surface area contributed by atoms with Crippen LogP contribution in [-0.4, -0.2) is 30.8 Å². The summed E-state index contributed by atoms with van der Waals surface area (Å²) in [5.74, 6) is -0.698. The third-order valence-corrected chi connectivity index (χ3v) is 3.44. The van der Waals surface area contributed by atoms with Crippen LogP contribution in [0.2, 0.25) is 5.02 Å². The molecule has 8 heteroatoms. The van der Waals surface area contributed by atoms with Crippen LogP contribution in [0, 0.1) is 0 Å². The molecule has 0 saturated heterocycles.